The van der Waals surface area contributed by atoms with Crippen LogP contribution >= 0.6 is 0 Å². The maximum absolute atomic E-state index is 12.3. The Kier molecular flexibility index (Phi) is 4.36. The number of rotatable bonds is 2. The van der Waals surface area contributed by atoms with Crippen LogP contribution in [0.15, 0.2) is 12.2 Å². The van der Waals surface area contributed by atoms with Gasteiger partial charge in [0.1, 0.15) is 0 Å². The first-order valence-corrected chi connectivity index (χ1v) is 11.2. The van der Waals surface area contributed by atoms with Crippen LogP contribution in [0.2, 0.25) is 0 Å². The van der Waals surface area contributed by atoms with E-state index in [1.807, 2.05) is 13.1 Å². The lowest BCUT2D eigenvalue weighted by molar-refractivity contribution is -0.145. The predicted octanol–water partition coefficient (Wildman–Crippen LogP) is 5.53. The van der Waals surface area contributed by atoms with Crippen LogP contribution in [-0.4, -0.2) is 23.9 Å². The fourth-order valence-corrected chi connectivity index (χ4v) is 8.32. The Morgan fingerprint density at radius 3 is 2.65 bits per heavy atom. The second-order valence-electron chi connectivity index (χ2n) is 10.8. The number of likely N-dealkylation sites (N-methyl/N-ethyl adjacent to an activating group) is 1. The second-order valence-corrected chi connectivity index (χ2v) is 10.8. The van der Waals surface area contributed by atoms with E-state index in [0.717, 1.165) is 35.5 Å². The third kappa shape index (κ3) is 2.32. The van der Waals surface area contributed by atoms with E-state index in [4.69, 9.17) is 0 Å². The molecule has 2 unspecified atom stereocenters. The molecule has 0 aromatic rings. The van der Waals surface area contributed by atoms with E-state index in [-0.39, 0.29) is 11.3 Å². The van der Waals surface area contributed by atoms with Crippen molar-refractivity contribution in [3.63, 3.8) is 0 Å². The van der Waals surface area contributed by atoms with E-state index in [2.05, 4.69) is 45.6 Å². The van der Waals surface area contributed by atoms with E-state index in [9.17, 15) is 4.79 Å². The number of hydrogen-bond acceptors (Lipinski definition) is 1. The van der Waals surface area contributed by atoms with Gasteiger partial charge < -0.3 is 4.90 Å². The van der Waals surface area contributed by atoms with Crippen LogP contribution in [0.4, 0.5) is 0 Å². The second kappa shape index (κ2) is 6.11. The minimum absolute atomic E-state index is 0.176. The van der Waals surface area contributed by atoms with Gasteiger partial charge in [-0.1, -0.05) is 47.1 Å². The summed E-state index contributed by atoms with van der Waals surface area (Å²) in [7, 11) is 2.03. The van der Waals surface area contributed by atoms with Crippen LogP contribution in [0, 0.1) is 46.3 Å². The molecule has 0 saturated heterocycles. The average Bonchev–Trinajstić information content (AvgIpc) is 2.97. The van der Waals surface area contributed by atoms with Crippen molar-refractivity contribution in [2.24, 2.45) is 46.3 Å². The zero-order chi connectivity index (χ0) is 18.9. The van der Waals surface area contributed by atoms with Gasteiger partial charge in [0.05, 0.1) is 0 Å². The summed E-state index contributed by atoms with van der Waals surface area (Å²) in [6, 6.07) is 0.396. The highest BCUT2D eigenvalue weighted by Gasteiger charge is 2.62. The summed E-state index contributed by atoms with van der Waals surface area (Å²) in [4.78, 5) is 14.3. The summed E-state index contributed by atoms with van der Waals surface area (Å²) in [5.41, 5.74) is 0.726. The minimum Gasteiger partial charge on any atom is -0.338 e. The van der Waals surface area contributed by atoms with Crippen molar-refractivity contribution >= 4 is 5.91 Å². The van der Waals surface area contributed by atoms with E-state index in [0.29, 0.717) is 11.5 Å². The van der Waals surface area contributed by atoms with Crippen molar-refractivity contribution < 1.29 is 4.79 Å². The highest BCUT2D eigenvalue weighted by Crippen LogP contribution is 2.67. The summed E-state index contributed by atoms with van der Waals surface area (Å²) in [6.45, 7) is 12.5. The maximum Gasteiger partial charge on any atom is 0.246 e. The normalized spacial score (nSPS) is 51.6. The lowest BCUT2D eigenvalue weighted by atomic mass is 9.45. The van der Waals surface area contributed by atoms with Gasteiger partial charge in [0.15, 0.2) is 0 Å². The van der Waals surface area contributed by atoms with Crippen molar-refractivity contribution in [3.05, 3.63) is 12.2 Å². The Morgan fingerprint density at radius 1 is 1.23 bits per heavy atom. The quantitative estimate of drug-likeness (QED) is 0.636. The van der Waals surface area contributed by atoms with Crippen molar-refractivity contribution in [2.75, 3.05) is 7.05 Å². The fraction of sp³-hybridized carbons (Fsp3) is 0.875. The minimum atomic E-state index is 0.176. The first-order valence-electron chi connectivity index (χ1n) is 11.2. The molecule has 4 rings (SSSR count). The lowest BCUT2D eigenvalue weighted by Crippen LogP contribution is -2.61. The largest absolute Gasteiger partial charge is 0.338 e. The molecule has 2 heteroatoms. The van der Waals surface area contributed by atoms with Crippen LogP contribution in [0.5, 0.6) is 0 Å². The first kappa shape index (κ1) is 18.6. The summed E-state index contributed by atoms with van der Waals surface area (Å²) in [6.07, 6.45) is 12.3. The van der Waals surface area contributed by atoms with Crippen LogP contribution in [-0.2, 0) is 4.79 Å². The van der Waals surface area contributed by atoms with Gasteiger partial charge in [-0.2, -0.15) is 0 Å². The summed E-state index contributed by atoms with van der Waals surface area (Å²) < 4.78 is 0. The third-order valence-corrected chi connectivity index (χ3v) is 9.91. The van der Waals surface area contributed by atoms with Gasteiger partial charge in [-0.05, 0) is 79.1 Å². The summed E-state index contributed by atoms with van der Waals surface area (Å²) in [5.74, 6) is 5.21. The number of nitrogens with zero attached hydrogens (tertiary/aromatic N) is 1. The summed E-state index contributed by atoms with van der Waals surface area (Å²) >= 11 is 0. The number of amides is 1. The van der Waals surface area contributed by atoms with Gasteiger partial charge in [-0.15, -0.1) is 0 Å². The standard InChI is InChI=1S/C24H39NO/c1-7-15(2)17-8-9-18-22-16(3)14-20-24(5,13-11-21(26)25(20)6)19(22)10-12-23(17,18)4/h11,13,15-20,22H,7-10,12,14H2,1-6H3/t15?,16?,17-,18+,19+,20-,22+,23-,24-/m1/s1. The van der Waals surface area contributed by atoms with Gasteiger partial charge in [-0.25, -0.2) is 0 Å². The zero-order valence-electron chi connectivity index (χ0n) is 17.8. The Labute approximate surface area is 160 Å². The number of fused-ring (bicyclic) bond motifs is 5. The van der Waals surface area contributed by atoms with Crippen LogP contribution in [0.3, 0.4) is 0 Å². The molecule has 2 nitrogen and oxygen atoms in total. The molecule has 0 spiro atoms. The molecule has 1 aliphatic heterocycles. The maximum atomic E-state index is 12.3. The fourth-order valence-electron chi connectivity index (χ4n) is 8.32. The Bertz CT molecular complexity index is 611. The smallest absolute Gasteiger partial charge is 0.246 e. The molecule has 1 heterocycles. The molecule has 0 radical (unpaired) electrons. The van der Waals surface area contributed by atoms with Gasteiger partial charge in [0.2, 0.25) is 5.91 Å². The molecule has 0 aromatic heterocycles. The van der Waals surface area contributed by atoms with E-state index in [1.54, 1.807) is 0 Å². The molecule has 146 valence electrons. The highest BCUT2D eigenvalue weighted by atomic mass is 16.2. The van der Waals surface area contributed by atoms with Gasteiger partial charge in [0, 0.05) is 18.5 Å². The Balaban J connectivity index is 1.69. The van der Waals surface area contributed by atoms with Crippen LogP contribution in [0.1, 0.15) is 73.1 Å². The molecule has 0 bridgehead atoms. The van der Waals surface area contributed by atoms with Crippen LogP contribution in [0.25, 0.3) is 0 Å². The average molecular weight is 358 g/mol. The first-order chi connectivity index (χ1) is 12.2. The molecule has 26 heavy (non-hydrogen) atoms. The summed E-state index contributed by atoms with van der Waals surface area (Å²) in [5, 5.41) is 0. The molecule has 0 N–H and O–H groups in total. The van der Waals surface area contributed by atoms with Crippen molar-refractivity contribution in [1.29, 1.82) is 0 Å². The monoisotopic (exact) mass is 357 g/mol. The van der Waals surface area contributed by atoms with Gasteiger partial charge in [-0.3, -0.25) is 4.79 Å². The molecule has 9 atom stereocenters. The topological polar surface area (TPSA) is 20.3 Å². The SMILES string of the molecule is CCC(C)[C@H]1CC[C@H]2[C@@H]3C(C)C[C@H]4N(C)C(=O)C=C[C@]4(C)[C@H]3CC[C@]12C. The van der Waals surface area contributed by atoms with E-state index >= 15 is 0 Å². The third-order valence-electron chi connectivity index (χ3n) is 9.91. The van der Waals surface area contributed by atoms with E-state index < -0.39 is 0 Å². The predicted molar refractivity (Wildman–Crippen MR) is 108 cm³/mol. The lowest BCUT2D eigenvalue weighted by Gasteiger charge is -2.62. The molecule has 4 aliphatic rings. The molecular formula is C24H39NO. The van der Waals surface area contributed by atoms with Crippen molar-refractivity contribution in [1.82, 2.24) is 4.90 Å². The molecule has 1 amide bonds. The molecular weight excluding hydrogens is 318 g/mol. The van der Waals surface area contributed by atoms with Gasteiger partial charge >= 0.3 is 0 Å². The Hall–Kier alpha value is -0.790. The van der Waals surface area contributed by atoms with Gasteiger partial charge in [0.25, 0.3) is 0 Å². The number of carbonyl (C=O) groups excluding carboxylic acids is 1. The van der Waals surface area contributed by atoms with E-state index in [1.165, 1.54) is 38.5 Å². The number of carbonyl (C=O) groups is 1. The number of hydrogen-bond donors (Lipinski definition) is 0. The molecule has 3 fully saturated rings. The molecule has 0 aromatic carbocycles. The highest BCUT2D eigenvalue weighted by molar-refractivity contribution is 5.89. The van der Waals surface area contributed by atoms with Crippen molar-refractivity contribution in [2.45, 2.75) is 79.2 Å². The molecule has 3 saturated carbocycles. The zero-order valence-corrected chi connectivity index (χ0v) is 17.8. The van der Waals surface area contributed by atoms with Crippen LogP contribution < -0.4 is 0 Å². The van der Waals surface area contributed by atoms with Crippen molar-refractivity contribution in [3.8, 4) is 0 Å². The molecule has 3 aliphatic carbocycles. The Morgan fingerprint density at radius 2 is 1.96 bits per heavy atom.